The first-order chi connectivity index (χ1) is 6.74. The summed E-state index contributed by atoms with van der Waals surface area (Å²) in [6.07, 6.45) is 4.37. The first-order valence-corrected chi connectivity index (χ1v) is 5.23. The van der Waals surface area contributed by atoms with E-state index < -0.39 is 0 Å². The van der Waals surface area contributed by atoms with E-state index in [-0.39, 0.29) is 18.2 Å². The Morgan fingerprint density at radius 3 is 2.93 bits per heavy atom. The highest BCUT2D eigenvalue weighted by atomic mass is 35.5. The summed E-state index contributed by atoms with van der Waals surface area (Å²) in [6, 6.07) is 0. The molecular weight excluding hydrogens is 204 g/mol. The molecule has 1 saturated heterocycles. The van der Waals surface area contributed by atoms with Gasteiger partial charge in [0.15, 0.2) is 0 Å². The lowest BCUT2D eigenvalue weighted by atomic mass is 10.0. The number of esters is 1. The van der Waals surface area contributed by atoms with Crippen LogP contribution in [0.25, 0.3) is 0 Å². The summed E-state index contributed by atoms with van der Waals surface area (Å²) in [5, 5.41) is 0. The molecule has 0 unspecified atom stereocenters. The van der Waals surface area contributed by atoms with Crippen LogP contribution in [-0.2, 0) is 14.3 Å². The van der Waals surface area contributed by atoms with Crippen LogP contribution in [0.15, 0.2) is 11.6 Å². The fraction of sp³-hybridized carbons (Fsp3) is 0.700. The fourth-order valence-electron chi connectivity index (χ4n) is 1.53. The summed E-state index contributed by atoms with van der Waals surface area (Å²) in [5.41, 5.74) is 1.37. The first kappa shape index (κ1) is 11.5. The number of carbonyl (C=O) groups excluding carboxylic acids is 1. The highest BCUT2D eigenvalue weighted by Crippen LogP contribution is 2.19. The van der Waals surface area contributed by atoms with Gasteiger partial charge in [-0.25, -0.2) is 0 Å². The molecule has 3 nitrogen and oxygen atoms in total. The number of ether oxygens (including phenoxy) is 2. The van der Waals surface area contributed by atoms with Gasteiger partial charge in [0.2, 0.25) is 0 Å². The van der Waals surface area contributed by atoms with Crippen molar-refractivity contribution in [1.29, 1.82) is 0 Å². The number of hydrogen-bond acceptors (Lipinski definition) is 3. The smallest absolute Gasteiger partial charge is 0.303 e. The molecule has 0 radical (unpaired) electrons. The van der Waals surface area contributed by atoms with E-state index in [1.165, 1.54) is 12.5 Å². The molecule has 1 rings (SSSR count). The Morgan fingerprint density at radius 1 is 1.64 bits per heavy atom. The van der Waals surface area contributed by atoms with Gasteiger partial charge >= 0.3 is 5.97 Å². The van der Waals surface area contributed by atoms with Gasteiger partial charge in [-0.2, -0.15) is 0 Å². The van der Waals surface area contributed by atoms with Gasteiger partial charge in [0.05, 0.1) is 6.10 Å². The Kier molecular flexibility index (Phi) is 4.98. The molecule has 0 N–H and O–H groups in total. The molecular formula is C10H15ClO3. The van der Waals surface area contributed by atoms with Gasteiger partial charge in [-0.1, -0.05) is 11.6 Å². The molecule has 1 aliphatic heterocycles. The maximum atomic E-state index is 10.8. The number of carbonyl (C=O) groups is 1. The zero-order valence-electron chi connectivity index (χ0n) is 8.24. The van der Waals surface area contributed by atoms with E-state index in [2.05, 4.69) is 0 Å². The first-order valence-electron chi connectivity index (χ1n) is 4.79. The minimum absolute atomic E-state index is 0.0392. The van der Waals surface area contributed by atoms with Crippen LogP contribution < -0.4 is 0 Å². The molecule has 80 valence electrons. The number of rotatable bonds is 3. The summed E-state index contributed by atoms with van der Waals surface area (Å²) in [7, 11) is 0. The molecule has 0 aromatic rings. The lowest BCUT2D eigenvalue weighted by molar-refractivity contribution is -0.152. The summed E-state index contributed by atoms with van der Waals surface area (Å²) in [5.74, 6) is -0.307. The Bertz CT molecular complexity index is 209. The quantitative estimate of drug-likeness (QED) is 0.682. The third-order valence-corrected chi connectivity index (χ3v) is 2.29. The molecule has 0 aliphatic carbocycles. The molecule has 0 saturated carbocycles. The van der Waals surface area contributed by atoms with Crippen molar-refractivity contribution in [3.8, 4) is 0 Å². The van der Waals surface area contributed by atoms with Crippen molar-refractivity contribution in [3.63, 3.8) is 0 Å². The third-order valence-electron chi connectivity index (χ3n) is 2.15. The molecule has 1 aliphatic rings. The minimum atomic E-state index is -0.342. The SMILES string of the molecule is CC(=O)O[C@H](/C=C\Cl)[C@H]1CCCCO1. The van der Waals surface area contributed by atoms with E-state index in [0.717, 1.165) is 25.9 Å². The molecule has 0 spiro atoms. The van der Waals surface area contributed by atoms with Crippen molar-refractivity contribution in [1.82, 2.24) is 0 Å². The molecule has 0 aromatic heterocycles. The monoisotopic (exact) mass is 218 g/mol. The van der Waals surface area contributed by atoms with Crippen LogP contribution in [0.1, 0.15) is 26.2 Å². The Balaban J connectivity index is 2.51. The largest absolute Gasteiger partial charge is 0.455 e. The second-order valence-corrected chi connectivity index (χ2v) is 3.55. The maximum Gasteiger partial charge on any atom is 0.303 e. The van der Waals surface area contributed by atoms with Crippen LogP contribution in [0.5, 0.6) is 0 Å². The normalized spacial score (nSPS) is 24.9. The van der Waals surface area contributed by atoms with Gasteiger partial charge in [-0.3, -0.25) is 4.79 Å². The summed E-state index contributed by atoms with van der Waals surface area (Å²) < 4.78 is 10.6. The predicted molar refractivity (Wildman–Crippen MR) is 54.1 cm³/mol. The van der Waals surface area contributed by atoms with E-state index in [9.17, 15) is 4.79 Å². The molecule has 1 heterocycles. The van der Waals surface area contributed by atoms with E-state index in [1.54, 1.807) is 6.08 Å². The zero-order valence-corrected chi connectivity index (χ0v) is 9.00. The third kappa shape index (κ3) is 3.68. The highest BCUT2D eigenvalue weighted by Gasteiger charge is 2.24. The van der Waals surface area contributed by atoms with Gasteiger partial charge in [0.25, 0.3) is 0 Å². The molecule has 0 amide bonds. The number of halogens is 1. The van der Waals surface area contributed by atoms with Crippen LogP contribution in [0.4, 0.5) is 0 Å². The van der Waals surface area contributed by atoms with Crippen LogP contribution >= 0.6 is 11.6 Å². The Hall–Kier alpha value is -0.540. The van der Waals surface area contributed by atoms with E-state index in [1.807, 2.05) is 0 Å². The van der Waals surface area contributed by atoms with Gasteiger partial charge in [-0.05, 0) is 25.3 Å². The van der Waals surface area contributed by atoms with E-state index >= 15 is 0 Å². The van der Waals surface area contributed by atoms with Crippen LogP contribution in [0, 0.1) is 0 Å². The van der Waals surface area contributed by atoms with Gasteiger partial charge in [0, 0.05) is 19.1 Å². The fourth-order valence-corrected chi connectivity index (χ4v) is 1.67. The Labute approximate surface area is 89.0 Å². The lowest BCUT2D eigenvalue weighted by Gasteiger charge is -2.27. The van der Waals surface area contributed by atoms with Crippen molar-refractivity contribution in [3.05, 3.63) is 11.6 Å². The summed E-state index contributed by atoms with van der Waals surface area (Å²) >= 11 is 5.47. The highest BCUT2D eigenvalue weighted by molar-refractivity contribution is 6.25. The standard InChI is InChI=1S/C10H15ClO3/c1-8(12)14-10(5-6-11)9-4-2-3-7-13-9/h5-6,9-10H,2-4,7H2,1H3/b6-5-/t9-,10-/m1/s1. The van der Waals surface area contributed by atoms with Crippen molar-refractivity contribution in [2.75, 3.05) is 6.61 Å². The van der Waals surface area contributed by atoms with Crippen molar-refractivity contribution >= 4 is 17.6 Å². The molecule has 14 heavy (non-hydrogen) atoms. The van der Waals surface area contributed by atoms with E-state index in [0.29, 0.717) is 0 Å². The van der Waals surface area contributed by atoms with Crippen LogP contribution in [-0.4, -0.2) is 24.8 Å². The second-order valence-electron chi connectivity index (χ2n) is 3.30. The average Bonchev–Trinajstić information content (AvgIpc) is 2.18. The van der Waals surface area contributed by atoms with E-state index in [4.69, 9.17) is 21.1 Å². The molecule has 4 heteroatoms. The molecule has 1 fully saturated rings. The van der Waals surface area contributed by atoms with Crippen molar-refractivity contribution in [2.24, 2.45) is 0 Å². The second kappa shape index (κ2) is 6.04. The number of hydrogen-bond donors (Lipinski definition) is 0. The predicted octanol–water partition coefficient (Wildman–Crippen LogP) is 2.24. The summed E-state index contributed by atoms with van der Waals surface area (Å²) in [6.45, 7) is 2.12. The van der Waals surface area contributed by atoms with Crippen molar-refractivity contribution < 1.29 is 14.3 Å². The van der Waals surface area contributed by atoms with Crippen LogP contribution in [0.2, 0.25) is 0 Å². The topological polar surface area (TPSA) is 35.5 Å². The average molecular weight is 219 g/mol. The minimum Gasteiger partial charge on any atom is -0.455 e. The van der Waals surface area contributed by atoms with Gasteiger partial charge in [-0.15, -0.1) is 0 Å². The Morgan fingerprint density at radius 2 is 2.43 bits per heavy atom. The van der Waals surface area contributed by atoms with Gasteiger partial charge < -0.3 is 9.47 Å². The molecule has 2 atom stereocenters. The maximum absolute atomic E-state index is 10.8. The molecule has 0 aromatic carbocycles. The van der Waals surface area contributed by atoms with Crippen LogP contribution in [0.3, 0.4) is 0 Å². The lowest BCUT2D eigenvalue weighted by Crippen LogP contribution is -2.34. The molecule has 0 bridgehead atoms. The van der Waals surface area contributed by atoms with Crippen molar-refractivity contribution in [2.45, 2.75) is 38.4 Å². The van der Waals surface area contributed by atoms with Gasteiger partial charge in [0.1, 0.15) is 6.10 Å². The summed E-state index contributed by atoms with van der Waals surface area (Å²) in [4.78, 5) is 10.8. The zero-order chi connectivity index (χ0) is 10.4.